The van der Waals surface area contributed by atoms with Crippen LogP contribution in [0.1, 0.15) is 22.3 Å². The molecule has 0 atom stereocenters. The van der Waals surface area contributed by atoms with Gasteiger partial charge in [0.1, 0.15) is 5.75 Å². The number of aromatic nitrogens is 1. The molecule has 0 radical (unpaired) electrons. The summed E-state index contributed by atoms with van der Waals surface area (Å²) >= 11 is 0. The lowest BCUT2D eigenvalue weighted by molar-refractivity contribution is 0.0687. The third-order valence-corrected chi connectivity index (χ3v) is 1.87. The number of nitrogens with zero attached hydrogens (tertiary/aromatic N) is 1. The highest BCUT2D eigenvalue weighted by molar-refractivity contribution is 5.94. The Kier molecular flexibility index (Phi) is 3.60. The summed E-state index contributed by atoms with van der Waals surface area (Å²) in [5.74, 6) is -2.15. The minimum atomic E-state index is -2.87. The fraction of sp³-hybridized carbons (Fsp3) is 0.333. The van der Waals surface area contributed by atoms with Gasteiger partial charge in [0.2, 0.25) is 5.88 Å². The van der Waals surface area contributed by atoms with E-state index in [0.29, 0.717) is 0 Å². The number of methoxy groups -OCH3 is 2. The molecule has 0 saturated heterocycles. The van der Waals surface area contributed by atoms with Gasteiger partial charge in [0.15, 0.2) is 5.56 Å². The second-order valence-electron chi connectivity index (χ2n) is 2.74. The van der Waals surface area contributed by atoms with Gasteiger partial charge in [-0.3, -0.25) is 0 Å². The van der Waals surface area contributed by atoms with Crippen molar-refractivity contribution in [1.82, 2.24) is 4.98 Å². The number of carboxylic acid groups (broad SMARTS) is 1. The predicted molar refractivity (Wildman–Crippen MR) is 49.3 cm³/mol. The van der Waals surface area contributed by atoms with E-state index in [2.05, 4.69) is 14.5 Å². The molecule has 0 fully saturated rings. The number of alkyl halides is 2. The van der Waals surface area contributed by atoms with E-state index in [1.54, 1.807) is 0 Å². The van der Waals surface area contributed by atoms with Crippen LogP contribution in [0, 0.1) is 0 Å². The minimum Gasteiger partial charge on any atom is -0.495 e. The van der Waals surface area contributed by atoms with Crippen LogP contribution >= 0.6 is 0 Å². The molecule has 5 nitrogen and oxygen atoms in total. The van der Waals surface area contributed by atoms with Crippen molar-refractivity contribution in [3.05, 3.63) is 17.3 Å². The van der Waals surface area contributed by atoms with Crippen molar-refractivity contribution in [3.63, 3.8) is 0 Å². The minimum absolute atomic E-state index is 0.270. The molecule has 0 bridgehead atoms. The van der Waals surface area contributed by atoms with E-state index in [9.17, 15) is 13.6 Å². The highest BCUT2D eigenvalue weighted by atomic mass is 19.3. The second kappa shape index (κ2) is 4.73. The molecule has 0 aromatic carbocycles. The molecule has 16 heavy (non-hydrogen) atoms. The van der Waals surface area contributed by atoms with E-state index in [1.807, 2.05) is 0 Å². The molecule has 0 amide bonds. The predicted octanol–water partition coefficient (Wildman–Crippen LogP) is 1.73. The number of carboxylic acids is 1. The number of hydrogen-bond acceptors (Lipinski definition) is 4. The molecule has 1 N–H and O–H groups in total. The lowest BCUT2D eigenvalue weighted by Gasteiger charge is -2.12. The zero-order chi connectivity index (χ0) is 12.3. The maximum Gasteiger partial charge on any atom is 0.345 e. The number of hydrogen-bond donors (Lipinski definition) is 1. The third kappa shape index (κ3) is 2.02. The van der Waals surface area contributed by atoms with Crippen LogP contribution in [-0.4, -0.2) is 30.3 Å². The molecule has 88 valence electrons. The molecular formula is C9H9F2NO4. The van der Waals surface area contributed by atoms with Crippen molar-refractivity contribution in [3.8, 4) is 11.6 Å². The number of ether oxygens (including phenoxy) is 2. The van der Waals surface area contributed by atoms with E-state index >= 15 is 0 Å². The summed E-state index contributed by atoms with van der Waals surface area (Å²) in [5.41, 5.74) is -1.09. The van der Waals surface area contributed by atoms with Gasteiger partial charge in [0.25, 0.3) is 6.43 Å². The second-order valence-corrected chi connectivity index (χ2v) is 2.74. The largest absolute Gasteiger partial charge is 0.495 e. The molecular weight excluding hydrogens is 224 g/mol. The first-order chi connectivity index (χ1) is 7.52. The first-order valence-corrected chi connectivity index (χ1v) is 4.15. The van der Waals surface area contributed by atoms with Gasteiger partial charge >= 0.3 is 5.97 Å². The maximum atomic E-state index is 12.5. The summed E-state index contributed by atoms with van der Waals surface area (Å²) in [6, 6.07) is 0. The van der Waals surface area contributed by atoms with Gasteiger partial charge in [-0.25, -0.2) is 18.6 Å². The SMILES string of the molecule is COc1ncc(C(F)F)c(OC)c1C(=O)O. The van der Waals surface area contributed by atoms with Crippen LogP contribution < -0.4 is 9.47 Å². The average molecular weight is 233 g/mol. The molecule has 0 spiro atoms. The average Bonchev–Trinajstić information content (AvgIpc) is 2.26. The lowest BCUT2D eigenvalue weighted by atomic mass is 10.1. The van der Waals surface area contributed by atoms with Gasteiger partial charge in [-0.2, -0.15) is 0 Å². The van der Waals surface area contributed by atoms with Gasteiger partial charge in [-0.05, 0) is 0 Å². The summed E-state index contributed by atoms with van der Waals surface area (Å²) in [7, 11) is 2.29. The number of rotatable bonds is 4. The molecule has 0 aliphatic carbocycles. The van der Waals surface area contributed by atoms with Crippen molar-refractivity contribution < 1.29 is 28.2 Å². The molecule has 1 aromatic heterocycles. The topological polar surface area (TPSA) is 68.7 Å². The fourth-order valence-electron chi connectivity index (χ4n) is 1.21. The number of pyridine rings is 1. The first kappa shape index (κ1) is 12.2. The monoisotopic (exact) mass is 233 g/mol. The summed E-state index contributed by atoms with van der Waals surface area (Å²) in [5, 5.41) is 8.87. The van der Waals surface area contributed by atoms with Gasteiger partial charge < -0.3 is 14.6 Å². The molecule has 0 aliphatic rings. The molecule has 0 unspecified atom stereocenters. The summed E-state index contributed by atoms with van der Waals surface area (Å²) < 4.78 is 34.4. The zero-order valence-electron chi connectivity index (χ0n) is 8.53. The van der Waals surface area contributed by atoms with Crippen LogP contribution in [-0.2, 0) is 0 Å². The Morgan fingerprint density at radius 2 is 2.06 bits per heavy atom. The molecule has 1 rings (SSSR count). The van der Waals surface area contributed by atoms with E-state index in [1.165, 1.54) is 7.11 Å². The fourth-order valence-corrected chi connectivity index (χ4v) is 1.21. The normalized spacial score (nSPS) is 10.3. The molecule has 7 heteroatoms. The van der Waals surface area contributed by atoms with E-state index in [-0.39, 0.29) is 5.88 Å². The Morgan fingerprint density at radius 1 is 1.44 bits per heavy atom. The first-order valence-electron chi connectivity index (χ1n) is 4.15. The molecule has 0 saturated carbocycles. The third-order valence-electron chi connectivity index (χ3n) is 1.87. The van der Waals surface area contributed by atoms with E-state index in [4.69, 9.17) is 5.11 Å². The Labute approximate surface area is 89.6 Å². The van der Waals surface area contributed by atoms with Crippen LogP contribution in [0.5, 0.6) is 11.6 Å². The van der Waals surface area contributed by atoms with Crippen molar-refractivity contribution in [1.29, 1.82) is 0 Å². The van der Waals surface area contributed by atoms with Crippen molar-refractivity contribution in [2.75, 3.05) is 14.2 Å². The van der Waals surface area contributed by atoms with E-state index in [0.717, 1.165) is 13.3 Å². The van der Waals surface area contributed by atoms with Crippen LogP contribution in [0.2, 0.25) is 0 Å². The van der Waals surface area contributed by atoms with Gasteiger partial charge in [0, 0.05) is 6.20 Å². The zero-order valence-corrected chi connectivity index (χ0v) is 8.53. The Bertz CT molecular complexity index is 409. The summed E-state index contributed by atoms with van der Waals surface area (Å²) in [6.07, 6.45) is -2.04. The molecule has 1 aromatic rings. The van der Waals surface area contributed by atoms with E-state index < -0.39 is 29.3 Å². The number of carbonyl (C=O) groups is 1. The van der Waals surface area contributed by atoms with Crippen LogP contribution in [0.4, 0.5) is 8.78 Å². The van der Waals surface area contributed by atoms with Gasteiger partial charge in [-0.15, -0.1) is 0 Å². The number of aromatic carboxylic acids is 1. The smallest absolute Gasteiger partial charge is 0.345 e. The van der Waals surface area contributed by atoms with Gasteiger partial charge in [0.05, 0.1) is 19.8 Å². The molecule has 0 aliphatic heterocycles. The van der Waals surface area contributed by atoms with Crippen LogP contribution in [0.3, 0.4) is 0 Å². The Hall–Kier alpha value is -1.92. The maximum absolute atomic E-state index is 12.5. The Balaban J connectivity index is 3.49. The quantitative estimate of drug-likeness (QED) is 0.857. The molecule has 1 heterocycles. The van der Waals surface area contributed by atoms with Crippen molar-refractivity contribution >= 4 is 5.97 Å². The highest BCUT2D eigenvalue weighted by Gasteiger charge is 2.26. The lowest BCUT2D eigenvalue weighted by Crippen LogP contribution is -2.08. The summed E-state index contributed by atoms with van der Waals surface area (Å²) in [4.78, 5) is 14.4. The number of halogens is 2. The standard InChI is InChI=1S/C9H9F2NO4/c1-15-6-4(7(10)11)3-12-8(16-2)5(6)9(13)14/h3,7H,1-2H3,(H,13,14). The van der Waals surface area contributed by atoms with Crippen LogP contribution in [0.25, 0.3) is 0 Å². The summed E-state index contributed by atoms with van der Waals surface area (Å²) in [6.45, 7) is 0. The Morgan fingerprint density at radius 3 is 2.44 bits per heavy atom. The highest BCUT2D eigenvalue weighted by Crippen LogP contribution is 2.35. The van der Waals surface area contributed by atoms with Gasteiger partial charge in [-0.1, -0.05) is 0 Å². The van der Waals surface area contributed by atoms with Crippen LogP contribution in [0.15, 0.2) is 6.20 Å². The van der Waals surface area contributed by atoms with Crippen molar-refractivity contribution in [2.45, 2.75) is 6.43 Å². The van der Waals surface area contributed by atoms with Crippen molar-refractivity contribution in [2.24, 2.45) is 0 Å².